The summed E-state index contributed by atoms with van der Waals surface area (Å²) in [5.41, 5.74) is 5.25. The number of hydrogen-bond donors (Lipinski definition) is 1. The molecule has 4 rings (SSSR count). The number of carbonyl (C=O) groups excluding carboxylic acids is 2. The van der Waals surface area contributed by atoms with Crippen LogP contribution in [0.2, 0.25) is 0 Å². The van der Waals surface area contributed by atoms with Gasteiger partial charge >= 0.3 is 5.97 Å². The molecule has 2 atom stereocenters. The number of carbonyl (C=O) groups is 2. The van der Waals surface area contributed by atoms with E-state index in [0.717, 1.165) is 37.7 Å². The number of aliphatic hydroxyl groups excluding tert-OH is 1. The second-order valence-electron chi connectivity index (χ2n) is 11.0. The van der Waals surface area contributed by atoms with E-state index in [4.69, 9.17) is 21.4 Å². The number of nitro benzene ring substituents is 2. The van der Waals surface area contributed by atoms with Crippen LogP contribution >= 0.6 is 11.6 Å². The largest absolute Gasteiger partial charge is 0.458 e. The quantitative estimate of drug-likeness (QED) is 0.0925. The van der Waals surface area contributed by atoms with Gasteiger partial charge in [-0.15, -0.1) is 0 Å². The Morgan fingerprint density at radius 3 is 1.57 bits per heavy atom. The van der Waals surface area contributed by atoms with Crippen LogP contribution in [-0.2, 0) is 4.74 Å². The normalized spacial score (nSPS) is 16.7. The van der Waals surface area contributed by atoms with Gasteiger partial charge in [-0.25, -0.2) is 4.79 Å². The average Bonchev–Trinajstić information content (AvgIpc) is 3.04. The Kier molecular flexibility index (Phi) is 17.1. The number of hydrogen-bond acceptors (Lipinski definition) is 8. The van der Waals surface area contributed by atoms with Crippen molar-refractivity contribution in [2.45, 2.75) is 59.8 Å². The molecule has 2 aromatic rings. The zero-order chi connectivity index (χ0) is 33.5. The molecule has 248 valence electrons. The molecule has 11 heteroatoms. The molecule has 0 spiro atoms. The molecule has 0 unspecified atom stereocenters. The number of rotatable bonds is 9. The Balaban J connectivity index is 0.000000374. The van der Waals surface area contributed by atoms with Crippen LogP contribution in [0.15, 0.2) is 96.1 Å². The lowest BCUT2D eigenvalue weighted by molar-refractivity contribution is -0.385. The second-order valence-corrected chi connectivity index (χ2v) is 11.3. The van der Waals surface area contributed by atoms with E-state index in [1.807, 2.05) is 6.92 Å². The number of aliphatic hydroxyl groups is 1. The Morgan fingerprint density at radius 1 is 0.826 bits per heavy atom. The Hall–Kier alpha value is -4.41. The number of nitro groups is 2. The van der Waals surface area contributed by atoms with Gasteiger partial charge in [-0.2, -0.15) is 0 Å². The molecule has 0 saturated heterocycles. The fourth-order valence-corrected chi connectivity index (χ4v) is 4.75. The summed E-state index contributed by atoms with van der Waals surface area (Å²) < 4.78 is 5.26. The maximum absolute atomic E-state index is 11.9. The highest BCUT2D eigenvalue weighted by Gasteiger charge is 2.17. The molecule has 2 aliphatic rings. The van der Waals surface area contributed by atoms with Crippen molar-refractivity contribution in [3.8, 4) is 0 Å². The van der Waals surface area contributed by atoms with Gasteiger partial charge in [0.25, 0.3) is 16.6 Å². The first-order valence-corrected chi connectivity index (χ1v) is 14.8. The molecule has 0 heterocycles. The van der Waals surface area contributed by atoms with Crippen molar-refractivity contribution in [2.75, 3.05) is 13.2 Å². The summed E-state index contributed by atoms with van der Waals surface area (Å²) in [7, 11) is 0. The standard InChI is InChI=1S/C17H19NO4.C10H16O.C7H4ClNO3.CH4/c1-12(2)14-5-3-13(4-6-14)11-22-17(19)15-7-9-16(10-8-15)18(20)21;1-8(2)10-5-3-9(7-11)4-6-10;8-7(10)5-1-3-6(4-2-5)9(11)12;/h3,7-10,14H,1,4-6,11H2,2H3;3,10-11H,1,4-7H2,2H3;1-4H;1H4/t14-;10-;;/m11../s1. The van der Waals surface area contributed by atoms with Crippen LogP contribution in [0.1, 0.15) is 80.5 Å². The minimum absolute atomic E-state index is 0. The third-order valence-corrected chi connectivity index (χ3v) is 7.83. The highest BCUT2D eigenvalue weighted by molar-refractivity contribution is 6.67. The van der Waals surface area contributed by atoms with E-state index >= 15 is 0 Å². The lowest BCUT2D eigenvalue weighted by atomic mass is 9.86. The number of ether oxygens (including phenoxy) is 1. The predicted octanol–water partition coefficient (Wildman–Crippen LogP) is 8.95. The van der Waals surface area contributed by atoms with Gasteiger partial charge in [0.2, 0.25) is 0 Å². The summed E-state index contributed by atoms with van der Waals surface area (Å²) >= 11 is 5.13. The molecular weight excluding hydrogens is 612 g/mol. The van der Waals surface area contributed by atoms with Crippen LogP contribution in [-0.4, -0.2) is 39.4 Å². The third kappa shape index (κ3) is 13.3. The molecule has 0 saturated carbocycles. The summed E-state index contributed by atoms with van der Waals surface area (Å²) in [6.45, 7) is 12.6. The maximum Gasteiger partial charge on any atom is 0.338 e. The molecule has 0 amide bonds. The fraction of sp³-hybridized carbons (Fsp3) is 0.371. The van der Waals surface area contributed by atoms with Gasteiger partial charge in [0, 0.05) is 29.8 Å². The first-order chi connectivity index (χ1) is 21.3. The summed E-state index contributed by atoms with van der Waals surface area (Å²) in [6, 6.07) is 10.5. The number of halogens is 1. The minimum Gasteiger partial charge on any atom is -0.458 e. The van der Waals surface area contributed by atoms with E-state index in [1.54, 1.807) is 0 Å². The summed E-state index contributed by atoms with van der Waals surface area (Å²) in [5.74, 6) is 0.720. The van der Waals surface area contributed by atoms with Gasteiger partial charge in [-0.3, -0.25) is 25.0 Å². The van der Waals surface area contributed by atoms with Gasteiger partial charge in [-0.05, 0) is 111 Å². The first kappa shape index (κ1) is 39.6. The summed E-state index contributed by atoms with van der Waals surface area (Å²) in [4.78, 5) is 42.1. The van der Waals surface area contributed by atoms with Gasteiger partial charge in [0.1, 0.15) is 6.61 Å². The highest BCUT2D eigenvalue weighted by Crippen LogP contribution is 2.29. The fourth-order valence-electron chi connectivity index (χ4n) is 4.62. The molecule has 1 N–H and O–H groups in total. The third-order valence-electron chi connectivity index (χ3n) is 7.61. The second kappa shape index (κ2) is 19.9. The smallest absolute Gasteiger partial charge is 0.338 e. The highest BCUT2D eigenvalue weighted by atomic mass is 35.5. The molecule has 46 heavy (non-hydrogen) atoms. The molecule has 2 aromatic carbocycles. The van der Waals surface area contributed by atoms with Gasteiger partial charge in [-0.1, -0.05) is 43.9 Å². The molecule has 0 aromatic heterocycles. The molecule has 0 bridgehead atoms. The molecular formula is C35H43ClN2O8. The Bertz CT molecular complexity index is 1410. The lowest BCUT2D eigenvalue weighted by Crippen LogP contribution is -2.12. The monoisotopic (exact) mass is 654 g/mol. The summed E-state index contributed by atoms with van der Waals surface area (Å²) in [5, 5.41) is 28.9. The van der Waals surface area contributed by atoms with Crippen molar-refractivity contribution >= 4 is 34.2 Å². The Labute approximate surface area is 275 Å². The SMILES string of the molecule is C.C=C(C)[C@@H]1CC=C(CO)CC1.C=C(C)[C@@H]1CC=C(COC(=O)c2ccc([N+](=O)[O-])cc2)CC1.O=C(Cl)c1ccc([N+](=O)[O-])cc1. The zero-order valence-corrected chi connectivity index (χ0v) is 26.3. The average molecular weight is 655 g/mol. The van der Waals surface area contributed by atoms with Crippen molar-refractivity contribution in [1.29, 1.82) is 0 Å². The van der Waals surface area contributed by atoms with E-state index in [2.05, 4.69) is 32.2 Å². The number of nitrogens with zero attached hydrogens (tertiary/aromatic N) is 2. The van der Waals surface area contributed by atoms with E-state index in [-0.39, 0.29) is 37.6 Å². The van der Waals surface area contributed by atoms with E-state index < -0.39 is 21.1 Å². The molecule has 0 aliphatic heterocycles. The topological polar surface area (TPSA) is 150 Å². The Morgan fingerprint density at radius 2 is 1.24 bits per heavy atom. The minimum atomic E-state index is -0.620. The number of benzene rings is 2. The lowest BCUT2D eigenvalue weighted by Gasteiger charge is -2.21. The van der Waals surface area contributed by atoms with Gasteiger partial charge in [0.15, 0.2) is 0 Å². The van der Waals surface area contributed by atoms with E-state index in [0.29, 0.717) is 17.4 Å². The number of esters is 1. The van der Waals surface area contributed by atoms with Crippen molar-refractivity contribution in [3.05, 3.63) is 127 Å². The van der Waals surface area contributed by atoms with Crippen LogP contribution in [0, 0.1) is 32.1 Å². The van der Waals surface area contributed by atoms with Crippen molar-refractivity contribution < 1.29 is 29.3 Å². The summed E-state index contributed by atoms with van der Waals surface area (Å²) in [6.07, 6.45) is 10.5. The molecule has 10 nitrogen and oxygen atoms in total. The maximum atomic E-state index is 11.9. The van der Waals surface area contributed by atoms with Crippen molar-refractivity contribution in [2.24, 2.45) is 11.8 Å². The van der Waals surface area contributed by atoms with Crippen molar-refractivity contribution in [3.63, 3.8) is 0 Å². The molecule has 0 fully saturated rings. The van der Waals surface area contributed by atoms with Crippen LogP contribution in [0.5, 0.6) is 0 Å². The molecule has 0 radical (unpaired) electrons. The predicted molar refractivity (Wildman–Crippen MR) is 181 cm³/mol. The van der Waals surface area contributed by atoms with Crippen molar-refractivity contribution in [1.82, 2.24) is 0 Å². The van der Waals surface area contributed by atoms with E-state index in [1.165, 1.54) is 71.7 Å². The molecule has 2 aliphatic carbocycles. The van der Waals surface area contributed by atoms with Crippen LogP contribution in [0.25, 0.3) is 0 Å². The number of allylic oxidation sites excluding steroid dienone is 4. The zero-order valence-electron chi connectivity index (χ0n) is 25.6. The van der Waals surface area contributed by atoms with Crippen LogP contribution < -0.4 is 0 Å². The number of non-ortho nitro benzene ring substituents is 2. The van der Waals surface area contributed by atoms with Crippen LogP contribution in [0.4, 0.5) is 11.4 Å². The van der Waals surface area contributed by atoms with Gasteiger partial charge < -0.3 is 9.84 Å². The first-order valence-electron chi connectivity index (χ1n) is 14.5. The van der Waals surface area contributed by atoms with Crippen LogP contribution in [0.3, 0.4) is 0 Å². The van der Waals surface area contributed by atoms with E-state index in [9.17, 15) is 29.8 Å². The van der Waals surface area contributed by atoms with Gasteiger partial charge in [0.05, 0.1) is 22.0 Å².